The minimum absolute atomic E-state index is 0.117. The first kappa shape index (κ1) is 15.2. The molecule has 0 aliphatic heterocycles. The number of hydrogen-bond acceptors (Lipinski definition) is 3. The summed E-state index contributed by atoms with van der Waals surface area (Å²) in [6, 6.07) is 0.744. The summed E-state index contributed by atoms with van der Waals surface area (Å²) in [6.07, 6.45) is 7.15. The molecule has 104 valence electrons. The third kappa shape index (κ3) is 4.42. The van der Waals surface area contributed by atoms with Crippen molar-refractivity contribution in [3.05, 3.63) is 18.2 Å². The Labute approximate surface area is 111 Å². The first-order valence-electron chi connectivity index (χ1n) is 7.02. The predicted octanol–water partition coefficient (Wildman–Crippen LogP) is 2.41. The standard InChI is InChI=1S/C14H28N4/c1-5-13(15)14-10-16-11-18(14)9-7-6-8-17(4)12(2)3/h10-13H,5-9,15H2,1-4H3/t13-/m1/s1. The van der Waals surface area contributed by atoms with Gasteiger partial charge in [-0.05, 0) is 46.7 Å². The molecule has 1 aromatic heterocycles. The summed E-state index contributed by atoms with van der Waals surface area (Å²) in [5.41, 5.74) is 7.22. The maximum atomic E-state index is 6.06. The van der Waals surface area contributed by atoms with Crippen molar-refractivity contribution in [2.45, 2.75) is 58.7 Å². The molecule has 0 unspecified atom stereocenters. The summed E-state index contributed by atoms with van der Waals surface area (Å²) in [7, 11) is 2.18. The van der Waals surface area contributed by atoms with Crippen LogP contribution in [0.2, 0.25) is 0 Å². The molecule has 0 aromatic carbocycles. The molecule has 1 atom stereocenters. The van der Waals surface area contributed by atoms with Crippen LogP contribution in [0.25, 0.3) is 0 Å². The summed E-state index contributed by atoms with van der Waals surface area (Å²) in [5.74, 6) is 0. The lowest BCUT2D eigenvalue weighted by Gasteiger charge is -2.21. The van der Waals surface area contributed by atoms with Crippen LogP contribution in [0.5, 0.6) is 0 Å². The highest BCUT2D eigenvalue weighted by molar-refractivity contribution is 5.04. The van der Waals surface area contributed by atoms with Gasteiger partial charge in [0.1, 0.15) is 0 Å². The monoisotopic (exact) mass is 252 g/mol. The summed E-state index contributed by atoms with van der Waals surface area (Å²) in [4.78, 5) is 6.59. The van der Waals surface area contributed by atoms with Crippen molar-refractivity contribution < 1.29 is 0 Å². The molecule has 4 heteroatoms. The number of nitrogens with two attached hydrogens (primary N) is 1. The van der Waals surface area contributed by atoms with Crippen LogP contribution in [0.4, 0.5) is 0 Å². The lowest BCUT2D eigenvalue weighted by Crippen LogP contribution is -2.27. The topological polar surface area (TPSA) is 47.1 Å². The Balaban J connectivity index is 2.33. The van der Waals surface area contributed by atoms with Gasteiger partial charge in [-0.1, -0.05) is 6.92 Å². The van der Waals surface area contributed by atoms with Gasteiger partial charge in [0.25, 0.3) is 0 Å². The molecule has 4 nitrogen and oxygen atoms in total. The maximum absolute atomic E-state index is 6.06. The normalized spacial score (nSPS) is 13.5. The molecule has 0 spiro atoms. The number of aryl methyl sites for hydroxylation is 1. The van der Waals surface area contributed by atoms with Crippen molar-refractivity contribution in [2.75, 3.05) is 13.6 Å². The quantitative estimate of drug-likeness (QED) is 0.723. The summed E-state index contributed by atoms with van der Waals surface area (Å²) >= 11 is 0. The van der Waals surface area contributed by atoms with Crippen LogP contribution in [0.15, 0.2) is 12.5 Å². The SMILES string of the molecule is CC[C@@H](N)c1cncn1CCCCN(C)C(C)C. The summed E-state index contributed by atoms with van der Waals surface area (Å²) < 4.78 is 2.20. The Morgan fingerprint density at radius 2 is 2.11 bits per heavy atom. The Morgan fingerprint density at radius 1 is 1.39 bits per heavy atom. The first-order chi connectivity index (χ1) is 8.56. The van der Waals surface area contributed by atoms with Gasteiger partial charge < -0.3 is 15.2 Å². The van der Waals surface area contributed by atoms with Gasteiger partial charge in [-0.2, -0.15) is 0 Å². The van der Waals surface area contributed by atoms with E-state index >= 15 is 0 Å². The molecule has 0 bridgehead atoms. The summed E-state index contributed by atoms with van der Waals surface area (Å²) in [6.45, 7) is 8.75. The number of aromatic nitrogens is 2. The highest BCUT2D eigenvalue weighted by Gasteiger charge is 2.09. The van der Waals surface area contributed by atoms with Crippen molar-refractivity contribution in [1.82, 2.24) is 14.5 Å². The van der Waals surface area contributed by atoms with Crippen molar-refractivity contribution >= 4 is 0 Å². The van der Waals surface area contributed by atoms with E-state index in [1.807, 2.05) is 12.5 Å². The number of nitrogens with zero attached hydrogens (tertiary/aromatic N) is 3. The molecule has 2 N–H and O–H groups in total. The minimum Gasteiger partial charge on any atom is -0.333 e. The van der Waals surface area contributed by atoms with Crippen molar-refractivity contribution in [1.29, 1.82) is 0 Å². The molecular formula is C14H28N4. The third-order valence-electron chi connectivity index (χ3n) is 3.61. The van der Waals surface area contributed by atoms with Gasteiger partial charge in [0.2, 0.25) is 0 Å². The number of rotatable bonds is 8. The molecule has 0 aliphatic rings. The molecule has 0 saturated heterocycles. The zero-order valence-electron chi connectivity index (χ0n) is 12.3. The second-order valence-corrected chi connectivity index (χ2v) is 5.31. The lowest BCUT2D eigenvalue weighted by atomic mass is 10.2. The highest BCUT2D eigenvalue weighted by Crippen LogP contribution is 2.13. The number of unbranched alkanes of at least 4 members (excludes halogenated alkanes) is 1. The van der Waals surface area contributed by atoms with Crippen molar-refractivity contribution in [3.8, 4) is 0 Å². The van der Waals surface area contributed by atoms with Crippen LogP contribution in [-0.2, 0) is 6.54 Å². The van der Waals surface area contributed by atoms with E-state index in [4.69, 9.17) is 5.73 Å². The third-order valence-corrected chi connectivity index (χ3v) is 3.61. The lowest BCUT2D eigenvalue weighted by molar-refractivity contribution is 0.266. The van der Waals surface area contributed by atoms with E-state index in [1.54, 1.807) is 0 Å². The second-order valence-electron chi connectivity index (χ2n) is 5.31. The van der Waals surface area contributed by atoms with E-state index in [2.05, 4.69) is 42.3 Å². The average Bonchev–Trinajstić information content (AvgIpc) is 2.81. The number of hydrogen-bond donors (Lipinski definition) is 1. The van der Waals surface area contributed by atoms with E-state index in [-0.39, 0.29) is 6.04 Å². The molecule has 1 heterocycles. The zero-order valence-corrected chi connectivity index (χ0v) is 12.3. The maximum Gasteiger partial charge on any atom is 0.0948 e. The molecular weight excluding hydrogens is 224 g/mol. The fourth-order valence-electron chi connectivity index (χ4n) is 1.94. The van der Waals surface area contributed by atoms with Gasteiger partial charge in [-0.15, -0.1) is 0 Å². The Kier molecular flexibility index (Phi) is 6.36. The van der Waals surface area contributed by atoms with Gasteiger partial charge >= 0.3 is 0 Å². The van der Waals surface area contributed by atoms with Crippen molar-refractivity contribution in [3.63, 3.8) is 0 Å². The van der Waals surface area contributed by atoms with Crippen LogP contribution >= 0.6 is 0 Å². The van der Waals surface area contributed by atoms with Crippen LogP contribution in [0, 0.1) is 0 Å². The molecule has 0 fully saturated rings. The molecule has 1 rings (SSSR count). The van der Waals surface area contributed by atoms with Crippen LogP contribution in [0.3, 0.4) is 0 Å². The van der Waals surface area contributed by atoms with E-state index in [0.717, 1.165) is 25.2 Å². The predicted molar refractivity (Wildman–Crippen MR) is 76.4 cm³/mol. The average molecular weight is 252 g/mol. The van der Waals surface area contributed by atoms with Gasteiger partial charge in [0.15, 0.2) is 0 Å². The molecule has 18 heavy (non-hydrogen) atoms. The van der Waals surface area contributed by atoms with Gasteiger partial charge in [0.05, 0.1) is 12.0 Å². The number of imidazole rings is 1. The Hall–Kier alpha value is -0.870. The molecule has 0 aliphatic carbocycles. The van der Waals surface area contributed by atoms with E-state index in [0.29, 0.717) is 6.04 Å². The fourth-order valence-corrected chi connectivity index (χ4v) is 1.94. The molecule has 0 amide bonds. The van der Waals surface area contributed by atoms with Gasteiger partial charge in [0, 0.05) is 24.8 Å². The molecule has 0 saturated carbocycles. The molecule has 1 aromatic rings. The largest absolute Gasteiger partial charge is 0.333 e. The smallest absolute Gasteiger partial charge is 0.0948 e. The van der Waals surface area contributed by atoms with Crippen molar-refractivity contribution in [2.24, 2.45) is 5.73 Å². The fraction of sp³-hybridized carbons (Fsp3) is 0.786. The van der Waals surface area contributed by atoms with Gasteiger partial charge in [-0.25, -0.2) is 4.98 Å². The van der Waals surface area contributed by atoms with E-state index in [1.165, 1.54) is 12.8 Å². The van der Waals surface area contributed by atoms with Crippen LogP contribution in [-0.4, -0.2) is 34.1 Å². The van der Waals surface area contributed by atoms with E-state index < -0.39 is 0 Å². The zero-order chi connectivity index (χ0) is 13.5. The molecule has 0 radical (unpaired) electrons. The minimum atomic E-state index is 0.117. The summed E-state index contributed by atoms with van der Waals surface area (Å²) in [5, 5.41) is 0. The van der Waals surface area contributed by atoms with E-state index in [9.17, 15) is 0 Å². The Bertz CT molecular complexity index is 332. The van der Waals surface area contributed by atoms with Crippen LogP contribution < -0.4 is 5.73 Å². The second kappa shape index (κ2) is 7.54. The highest BCUT2D eigenvalue weighted by atomic mass is 15.1. The van der Waals surface area contributed by atoms with Gasteiger partial charge in [-0.3, -0.25) is 0 Å². The van der Waals surface area contributed by atoms with Crippen LogP contribution in [0.1, 0.15) is 51.8 Å². The first-order valence-corrected chi connectivity index (χ1v) is 7.02. The Morgan fingerprint density at radius 3 is 2.72 bits per heavy atom.